The van der Waals surface area contributed by atoms with Crippen LogP contribution in [0.15, 0.2) is 45.6 Å². The number of benzene rings is 1. The average molecular weight is 284 g/mol. The molecule has 0 saturated heterocycles. The second-order valence-electron chi connectivity index (χ2n) is 3.70. The predicted octanol–water partition coefficient (Wildman–Crippen LogP) is 4.30. The smallest absolute Gasteiger partial charge is 0.131 e. The molecule has 1 aromatic carbocycles. The Bertz CT molecular complexity index is 490. The Balaban J connectivity index is 2.14. The number of halogens is 2. The fraction of sp³-hybridized carbons (Fsp3) is 0.167. The second-order valence-corrected chi connectivity index (χ2v) is 5.13. The maximum atomic E-state index is 6.15. The second kappa shape index (κ2) is 3.39. The molecule has 0 aromatic heterocycles. The Kier molecular flexibility index (Phi) is 2.15. The van der Waals surface area contributed by atoms with Crippen LogP contribution in [0, 0.1) is 0 Å². The molecule has 0 amide bonds. The SMILES string of the molecule is ClC1=C2Oc3ccccc3C2CC(Br)=C1. The van der Waals surface area contributed by atoms with Gasteiger partial charge in [-0.05, 0) is 23.0 Å². The number of hydrogen-bond acceptors (Lipinski definition) is 1. The summed E-state index contributed by atoms with van der Waals surface area (Å²) in [5.74, 6) is 2.11. The first-order chi connectivity index (χ1) is 7.25. The molecular formula is C12H8BrClO. The summed E-state index contributed by atoms with van der Waals surface area (Å²) in [6, 6.07) is 8.10. The zero-order chi connectivity index (χ0) is 10.4. The third-order valence-electron chi connectivity index (χ3n) is 2.75. The zero-order valence-electron chi connectivity index (χ0n) is 7.84. The van der Waals surface area contributed by atoms with Gasteiger partial charge in [0, 0.05) is 5.56 Å². The van der Waals surface area contributed by atoms with Gasteiger partial charge in [-0.3, -0.25) is 0 Å². The van der Waals surface area contributed by atoms with E-state index >= 15 is 0 Å². The number of hydrogen-bond donors (Lipinski definition) is 0. The minimum Gasteiger partial charge on any atom is -0.459 e. The number of para-hydroxylation sites is 1. The van der Waals surface area contributed by atoms with Crippen LogP contribution in [0.4, 0.5) is 0 Å². The Labute approximate surface area is 102 Å². The van der Waals surface area contributed by atoms with Gasteiger partial charge in [0.15, 0.2) is 0 Å². The largest absolute Gasteiger partial charge is 0.459 e. The lowest BCUT2D eigenvalue weighted by Gasteiger charge is -2.16. The lowest BCUT2D eigenvalue weighted by Crippen LogP contribution is -2.04. The standard InChI is InChI=1S/C12H8BrClO/c13-7-5-9-8-3-1-2-4-11(8)15-12(9)10(14)6-7/h1-4,6,9H,5H2. The first-order valence-electron chi connectivity index (χ1n) is 4.78. The van der Waals surface area contributed by atoms with Crippen LogP contribution in [0.25, 0.3) is 0 Å². The molecule has 0 saturated carbocycles. The van der Waals surface area contributed by atoms with Crippen LogP contribution in [-0.2, 0) is 0 Å². The highest BCUT2D eigenvalue weighted by Gasteiger charge is 2.33. The molecule has 76 valence electrons. The minimum absolute atomic E-state index is 0.285. The van der Waals surface area contributed by atoms with Crippen LogP contribution >= 0.6 is 27.5 Å². The van der Waals surface area contributed by atoms with E-state index in [-0.39, 0.29) is 5.92 Å². The van der Waals surface area contributed by atoms with Crippen molar-refractivity contribution >= 4 is 27.5 Å². The van der Waals surface area contributed by atoms with Gasteiger partial charge in [-0.15, -0.1) is 0 Å². The van der Waals surface area contributed by atoms with Crippen molar-refractivity contribution in [3.63, 3.8) is 0 Å². The molecule has 0 N–H and O–H groups in total. The van der Waals surface area contributed by atoms with Gasteiger partial charge in [-0.2, -0.15) is 0 Å². The molecule has 1 unspecified atom stereocenters. The van der Waals surface area contributed by atoms with Gasteiger partial charge in [0.05, 0.1) is 11.0 Å². The highest BCUT2D eigenvalue weighted by molar-refractivity contribution is 9.11. The van der Waals surface area contributed by atoms with Crippen molar-refractivity contribution in [2.45, 2.75) is 12.3 Å². The molecule has 1 aliphatic carbocycles. The first kappa shape index (κ1) is 9.49. The summed E-state index contributed by atoms with van der Waals surface area (Å²) in [7, 11) is 0. The summed E-state index contributed by atoms with van der Waals surface area (Å²) in [6.07, 6.45) is 2.85. The minimum atomic E-state index is 0.285. The zero-order valence-corrected chi connectivity index (χ0v) is 10.2. The van der Waals surface area contributed by atoms with Gasteiger partial charge < -0.3 is 4.74 Å². The molecule has 3 heteroatoms. The monoisotopic (exact) mass is 282 g/mol. The van der Waals surface area contributed by atoms with E-state index in [1.54, 1.807) is 0 Å². The Morgan fingerprint density at radius 2 is 2.13 bits per heavy atom. The molecule has 0 radical (unpaired) electrons. The van der Waals surface area contributed by atoms with E-state index in [4.69, 9.17) is 16.3 Å². The van der Waals surface area contributed by atoms with Gasteiger partial charge in [-0.1, -0.05) is 45.7 Å². The van der Waals surface area contributed by atoms with Crippen LogP contribution in [-0.4, -0.2) is 0 Å². The van der Waals surface area contributed by atoms with Crippen LogP contribution in [0.2, 0.25) is 0 Å². The van der Waals surface area contributed by atoms with Crippen molar-refractivity contribution in [2.24, 2.45) is 0 Å². The summed E-state index contributed by atoms with van der Waals surface area (Å²) < 4.78 is 6.88. The van der Waals surface area contributed by atoms with E-state index < -0.39 is 0 Å². The summed E-state index contributed by atoms with van der Waals surface area (Å²) in [4.78, 5) is 0. The van der Waals surface area contributed by atoms with Gasteiger partial charge in [0.1, 0.15) is 11.5 Å². The van der Waals surface area contributed by atoms with E-state index in [1.807, 2.05) is 24.3 Å². The van der Waals surface area contributed by atoms with Gasteiger partial charge >= 0.3 is 0 Å². The third kappa shape index (κ3) is 1.44. The highest BCUT2D eigenvalue weighted by atomic mass is 79.9. The van der Waals surface area contributed by atoms with Gasteiger partial charge in [0.25, 0.3) is 0 Å². The van der Waals surface area contributed by atoms with E-state index in [1.165, 1.54) is 5.56 Å². The summed E-state index contributed by atoms with van der Waals surface area (Å²) in [6.45, 7) is 0. The van der Waals surface area contributed by atoms with Crippen molar-refractivity contribution in [1.29, 1.82) is 0 Å². The maximum absolute atomic E-state index is 6.15. The molecule has 3 rings (SSSR count). The molecule has 1 atom stereocenters. The molecule has 0 fully saturated rings. The van der Waals surface area contributed by atoms with Crippen molar-refractivity contribution in [3.8, 4) is 5.75 Å². The molecule has 0 spiro atoms. The molecule has 1 heterocycles. The molecule has 1 aromatic rings. The quantitative estimate of drug-likeness (QED) is 0.690. The lowest BCUT2D eigenvalue weighted by atomic mass is 9.92. The Morgan fingerprint density at radius 1 is 1.33 bits per heavy atom. The maximum Gasteiger partial charge on any atom is 0.131 e. The summed E-state index contributed by atoms with van der Waals surface area (Å²) in [5.41, 5.74) is 1.23. The van der Waals surface area contributed by atoms with E-state index in [9.17, 15) is 0 Å². The highest BCUT2D eigenvalue weighted by Crippen LogP contribution is 2.48. The molecule has 1 aliphatic heterocycles. The van der Waals surface area contributed by atoms with Crippen molar-refractivity contribution in [2.75, 3.05) is 0 Å². The van der Waals surface area contributed by atoms with E-state index in [0.29, 0.717) is 5.03 Å². The molecule has 1 nitrogen and oxygen atoms in total. The number of rotatable bonds is 0. The Hall–Kier alpha value is -0.730. The third-order valence-corrected chi connectivity index (χ3v) is 3.60. The Morgan fingerprint density at radius 3 is 3.00 bits per heavy atom. The molecule has 15 heavy (non-hydrogen) atoms. The molecular weight excluding hydrogens is 275 g/mol. The van der Waals surface area contributed by atoms with E-state index in [2.05, 4.69) is 22.0 Å². The van der Waals surface area contributed by atoms with Gasteiger partial charge in [-0.25, -0.2) is 0 Å². The summed E-state index contributed by atoms with van der Waals surface area (Å²) >= 11 is 9.65. The topological polar surface area (TPSA) is 9.23 Å². The molecule has 0 bridgehead atoms. The van der Waals surface area contributed by atoms with Crippen molar-refractivity contribution < 1.29 is 4.74 Å². The van der Waals surface area contributed by atoms with Crippen LogP contribution in [0.3, 0.4) is 0 Å². The van der Waals surface area contributed by atoms with E-state index in [0.717, 1.165) is 22.4 Å². The van der Waals surface area contributed by atoms with Crippen LogP contribution in [0.1, 0.15) is 17.9 Å². The first-order valence-corrected chi connectivity index (χ1v) is 5.95. The normalized spacial score (nSPS) is 23.1. The molecule has 2 aliphatic rings. The lowest BCUT2D eigenvalue weighted by molar-refractivity contribution is 0.423. The average Bonchev–Trinajstić information content (AvgIpc) is 2.57. The predicted molar refractivity (Wildman–Crippen MR) is 64.3 cm³/mol. The van der Waals surface area contributed by atoms with Crippen LogP contribution < -0.4 is 4.74 Å². The number of fused-ring (bicyclic) bond motifs is 3. The van der Waals surface area contributed by atoms with Gasteiger partial charge in [0.2, 0.25) is 0 Å². The van der Waals surface area contributed by atoms with Crippen molar-refractivity contribution in [1.82, 2.24) is 0 Å². The fourth-order valence-corrected chi connectivity index (χ4v) is 3.06. The fourth-order valence-electron chi connectivity index (χ4n) is 2.07. The number of allylic oxidation sites excluding steroid dienone is 4. The van der Waals surface area contributed by atoms with Crippen molar-refractivity contribution in [3.05, 3.63) is 51.2 Å². The van der Waals surface area contributed by atoms with Crippen LogP contribution in [0.5, 0.6) is 5.75 Å². The summed E-state index contributed by atoms with van der Waals surface area (Å²) in [5, 5.41) is 0.703. The number of ether oxygens (including phenoxy) is 1.